The summed E-state index contributed by atoms with van der Waals surface area (Å²) in [7, 11) is -1.10. The summed E-state index contributed by atoms with van der Waals surface area (Å²) in [5, 5.41) is 2.72. The number of sulfonamides is 1. The lowest BCUT2D eigenvalue weighted by Gasteiger charge is -2.14. The van der Waals surface area contributed by atoms with Gasteiger partial charge < -0.3 is 14.8 Å². The molecular formula is C20H18BrN3O5S. The molecule has 30 heavy (non-hydrogen) atoms. The minimum Gasteiger partial charge on any atom is -0.493 e. The van der Waals surface area contributed by atoms with Crippen LogP contribution in [0.4, 0.5) is 11.4 Å². The van der Waals surface area contributed by atoms with E-state index in [4.69, 9.17) is 9.47 Å². The summed E-state index contributed by atoms with van der Waals surface area (Å²) >= 11 is 3.25. The van der Waals surface area contributed by atoms with Crippen LogP contribution >= 0.6 is 15.9 Å². The summed E-state index contributed by atoms with van der Waals surface area (Å²) in [6.07, 6.45) is 3.11. The van der Waals surface area contributed by atoms with Gasteiger partial charge in [0.2, 0.25) is 0 Å². The number of amides is 1. The van der Waals surface area contributed by atoms with E-state index in [2.05, 4.69) is 31.0 Å². The van der Waals surface area contributed by atoms with Gasteiger partial charge in [0, 0.05) is 39.9 Å². The Morgan fingerprint density at radius 1 is 0.967 bits per heavy atom. The molecule has 0 radical (unpaired) electrons. The third-order valence-electron chi connectivity index (χ3n) is 4.04. The van der Waals surface area contributed by atoms with Gasteiger partial charge >= 0.3 is 0 Å². The third-order valence-corrected chi connectivity index (χ3v) is 6.38. The van der Waals surface area contributed by atoms with Crippen molar-refractivity contribution >= 4 is 43.2 Å². The minimum absolute atomic E-state index is 0.0354. The molecule has 3 rings (SSSR count). The zero-order valence-corrected chi connectivity index (χ0v) is 18.5. The van der Waals surface area contributed by atoms with Crippen molar-refractivity contribution in [1.29, 1.82) is 0 Å². The molecule has 8 nitrogen and oxygen atoms in total. The van der Waals surface area contributed by atoms with Gasteiger partial charge in [0.05, 0.1) is 14.2 Å². The lowest BCUT2D eigenvalue weighted by Crippen LogP contribution is -2.16. The largest absolute Gasteiger partial charge is 0.493 e. The van der Waals surface area contributed by atoms with Crippen LogP contribution in [0, 0.1) is 0 Å². The Kier molecular flexibility index (Phi) is 6.58. The van der Waals surface area contributed by atoms with E-state index in [-0.39, 0.29) is 22.2 Å². The molecule has 2 N–H and O–H groups in total. The molecule has 10 heteroatoms. The molecule has 0 spiro atoms. The zero-order chi connectivity index (χ0) is 21.7. The van der Waals surface area contributed by atoms with Crippen LogP contribution in [0.5, 0.6) is 11.5 Å². The zero-order valence-electron chi connectivity index (χ0n) is 16.0. The Labute approximate surface area is 182 Å². The molecule has 1 aromatic heterocycles. The molecule has 0 fully saturated rings. The number of halogens is 1. The van der Waals surface area contributed by atoms with E-state index in [9.17, 15) is 13.2 Å². The molecule has 0 saturated heterocycles. The fourth-order valence-electron chi connectivity index (χ4n) is 2.61. The van der Waals surface area contributed by atoms with E-state index in [1.165, 1.54) is 32.4 Å². The maximum Gasteiger partial charge on any atom is 0.263 e. The average molecular weight is 492 g/mol. The predicted octanol–water partition coefficient (Wildman–Crippen LogP) is 3.91. The normalized spacial score (nSPS) is 10.9. The quantitative estimate of drug-likeness (QED) is 0.518. The van der Waals surface area contributed by atoms with Crippen LogP contribution in [0.3, 0.4) is 0 Å². The molecule has 3 aromatic rings. The molecule has 1 heterocycles. The van der Waals surface area contributed by atoms with E-state index in [0.29, 0.717) is 21.5 Å². The predicted molar refractivity (Wildman–Crippen MR) is 117 cm³/mol. The molecule has 0 unspecified atom stereocenters. The van der Waals surface area contributed by atoms with E-state index < -0.39 is 10.0 Å². The van der Waals surface area contributed by atoms with Crippen molar-refractivity contribution in [3.05, 3.63) is 71.0 Å². The van der Waals surface area contributed by atoms with Gasteiger partial charge in [-0.05, 0) is 52.3 Å². The number of hydrogen-bond donors (Lipinski definition) is 2. The van der Waals surface area contributed by atoms with Gasteiger partial charge in [-0.15, -0.1) is 0 Å². The highest BCUT2D eigenvalue weighted by atomic mass is 79.9. The van der Waals surface area contributed by atoms with Gasteiger partial charge in [-0.2, -0.15) is 0 Å². The van der Waals surface area contributed by atoms with Crippen LogP contribution < -0.4 is 19.5 Å². The second-order valence-electron chi connectivity index (χ2n) is 6.01. The highest BCUT2D eigenvalue weighted by Gasteiger charge is 2.22. The maximum atomic E-state index is 12.9. The second-order valence-corrected chi connectivity index (χ2v) is 8.52. The van der Waals surface area contributed by atoms with Crippen molar-refractivity contribution in [3.63, 3.8) is 0 Å². The van der Waals surface area contributed by atoms with Gasteiger partial charge in [-0.1, -0.05) is 6.07 Å². The van der Waals surface area contributed by atoms with Gasteiger partial charge in [0.25, 0.3) is 15.9 Å². The summed E-state index contributed by atoms with van der Waals surface area (Å²) in [6, 6.07) is 12.3. The van der Waals surface area contributed by atoms with Crippen molar-refractivity contribution in [2.45, 2.75) is 4.90 Å². The first kappa shape index (κ1) is 21.6. The molecule has 0 saturated carbocycles. The van der Waals surface area contributed by atoms with E-state index in [1.54, 1.807) is 42.7 Å². The standard InChI is InChI=1S/C20H18BrN3O5S/c1-28-17-11-16(21)19(12-18(17)29-2)30(26,27)24-15-5-3-4-13(10-15)20(25)23-14-6-8-22-9-7-14/h3-12,24H,1-2H3,(H,22,23,25). The summed E-state index contributed by atoms with van der Waals surface area (Å²) in [5.74, 6) is 0.277. The molecule has 156 valence electrons. The SMILES string of the molecule is COc1cc(Br)c(S(=O)(=O)Nc2cccc(C(=O)Nc3ccncc3)c2)cc1OC. The van der Waals surface area contributed by atoms with Crippen LogP contribution in [0.15, 0.2) is 70.3 Å². The summed E-state index contributed by atoms with van der Waals surface area (Å²) in [5.41, 5.74) is 1.10. The highest BCUT2D eigenvalue weighted by Crippen LogP contribution is 2.36. The first-order chi connectivity index (χ1) is 14.3. The van der Waals surface area contributed by atoms with Gasteiger partial charge in [0.15, 0.2) is 11.5 Å². The molecule has 0 bridgehead atoms. The minimum atomic E-state index is -3.98. The Morgan fingerprint density at radius 2 is 1.63 bits per heavy atom. The number of nitrogens with one attached hydrogen (secondary N) is 2. The molecule has 2 aromatic carbocycles. The number of hydrogen-bond acceptors (Lipinski definition) is 6. The summed E-state index contributed by atoms with van der Waals surface area (Å²) < 4.78 is 39.0. The van der Waals surface area contributed by atoms with Crippen LogP contribution in [0.25, 0.3) is 0 Å². The fourth-order valence-corrected chi connectivity index (χ4v) is 4.70. The van der Waals surface area contributed by atoms with Crippen LogP contribution in [-0.4, -0.2) is 33.5 Å². The first-order valence-electron chi connectivity index (χ1n) is 8.60. The smallest absolute Gasteiger partial charge is 0.263 e. The van der Waals surface area contributed by atoms with E-state index in [0.717, 1.165) is 0 Å². The molecule has 0 aliphatic carbocycles. The summed E-state index contributed by atoms with van der Waals surface area (Å²) in [6.45, 7) is 0. The van der Waals surface area contributed by atoms with Crippen LogP contribution in [-0.2, 0) is 10.0 Å². The van der Waals surface area contributed by atoms with Crippen molar-refractivity contribution in [2.24, 2.45) is 0 Å². The van der Waals surface area contributed by atoms with Crippen LogP contribution in [0.1, 0.15) is 10.4 Å². The van der Waals surface area contributed by atoms with Gasteiger partial charge in [-0.25, -0.2) is 8.42 Å². The highest BCUT2D eigenvalue weighted by molar-refractivity contribution is 9.10. The van der Waals surface area contributed by atoms with E-state index in [1.807, 2.05) is 0 Å². The maximum absolute atomic E-state index is 12.9. The molecule has 0 aliphatic heterocycles. The average Bonchev–Trinajstić information content (AvgIpc) is 2.73. The number of anilines is 2. The van der Waals surface area contributed by atoms with Crippen molar-refractivity contribution < 1.29 is 22.7 Å². The van der Waals surface area contributed by atoms with Crippen LogP contribution in [0.2, 0.25) is 0 Å². The summed E-state index contributed by atoms with van der Waals surface area (Å²) in [4.78, 5) is 16.3. The second kappa shape index (κ2) is 9.14. The topological polar surface area (TPSA) is 107 Å². The number of carbonyl (C=O) groups excluding carboxylic acids is 1. The first-order valence-corrected chi connectivity index (χ1v) is 10.9. The Bertz CT molecular complexity index is 1170. The Hall–Kier alpha value is -3.11. The number of ether oxygens (including phenoxy) is 2. The van der Waals surface area contributed by atoms with Crippen molar-refractivity contribution in [3.8, 4) is 11.5 Å². The number of pyridine rings is 1. The number of aromatic nitrogens is 1. The lowest BCUT2D eigenvalue weighted by molar-refractivity contribution is 0.102. The number of carbonyl (C=O) groups is 1. The number of rotatable bonds is 7. The van der Waals surface area contributed by atoms with Crippen molar-refractivity contribution in [2.75, 3.05) is 24.3 Å². The molecular weight excluding hydrogens is 474 g/mol. The molecule has 1 amide bonds. The van der Waals surface area contributed by atoms with Crippen molar-refractivity contribution in [1.82, 2.24) is 4.98 Å². The third kappa shape index (κ3) is 4.89. The Balaban J connectivity index is 1.86. The van der Waals surface area contributed by atoms with Gasteiger partial charge in [-0.3, -0.25) is 14.5 Å². The van der Waals surface area contributed by atoms with Gasteiger partial charge in [0.1, 0.15) is 4.90 Å². The number of benzene rings is 2. The molecule has 0 aliphatic rings. The molecule has 0 atom stereocenters. The fraction of sp³-hybridized carbons (Fsp3) is 0.100. The lowest BCUT2D eigenvalue weighted by atomic mass is 10.2. The Morgan fingerprint density at radius 3 is 2.30 bits per heavy atom. The monoisotopic (exact) mass is 491 g/mol. The number of nitrogens with zero attached hydrogens (tertiary/aromatic N) is 1. The van der Waals surface area contributed by atoms with E-state index >= 15 is 0 Å². The number of methoxy groups -OCH3 is 2.